The summed E-state index contributed by atoms with van der Waals surface area (Å²) in [7, 11) is -1.94. The molecule has 7 nitrogen and oxygen atoms in total. The number of carbonyl (C=O) groups excluding carboxylic acids is 1. The van der Waals surface area contributed by atoms with Crippen LogP contribution in [0.3, 0.4) is 0 Å². The summed E-state index contributed by atoms with van der Waals surface area (Å²) in [4.78, 5) is 24.2. The van der Waals surface area contributed by atoms with E-state index in [0.29, 0.717) is 11.4 Å². The summed E-state index contributed by atoms with van der Waals surface area (Å²) in [5.74, 6) is -1.29. The summed E-state index contributed by atoms with van der Waals surface area (Å²) in [5.41, 5.74) is 0.898. The van der Waals surface area contributed by atoms with Crippen LogP contribution in [0, 0.1) is 0 Å². The molecule has 1 N–H and O–H groups in total. The standard InChI is InChI=1S/C13H16N2O5S/c1-14(21(2,19)20)9-3-5-10(6-4-9)15-11(13(17)18)7-8-12(15)16/h3-6,11H,7-8H2,1-2H3,(H,17,18)/t11-/m0/s1. The number of carboxylic acids is 1. The predicted octanol–water partition coefficient (Wildman–Crippen LogP) is 0.662. The summed E-state index contributed by atoms with van der Waals surface area (Å²) >= 11 is 0. The molecular weight excluding hydrogens is 296 g/mol. The molecule has 0 radical (unpaired) electrons. The molecule has 21 heavy (non-hydrogen) atoms. The third-order valence-corrected chi connectivity index (χ3v) is 4.69. The lowest BCUT2D eigenvalue weighted by atomic mass is 10.2. The van der Waals surface area contributed by atoms with E-state index in [1.165, 1.54) is 11.9 Å². The number of hydrogen-bond acceptors (Lipinski definition) is 4. The topological polar surface area (TPSA) is 95.0 Å². The molecule has 1 amide bonds. The van der Waals surface area contributed by atoms with Crippen LogP contribution in [0.1, 0.15) is 12.8 Å². The Kier molecular flexibility index (Phi) is 3.91. The molecule has 0 unspecified atom stereocenters. The highest BCUT2D eigenvalue weighted by Crippen LogP contribution is 2.28. The van der Waals surface area contributed by atoms with E-state index in [1.54, 1.807) is 24.3 Å². The van der Waals surface area contributed by atoms with E-state index < -0.39 is 22.0 Å². The second kappa shape index (κ2) is 5.36. The Morgan fingerprint density at radius 2 is 1.90 bits per heavy atom. The molecule has 0 bridgehead atoms. The second-order valence-corrected chi connectivity index (χ2v) is 6.92. The third kappa shape index (κ3) is 2.99. The molecule has 2 rings (SSSR count). The number of anilines is 2. The van der Waals surface area contributed by atoms with Gasteiger partial charge in [-0.2, -0.15) is 0 Å². The SMILES string of the molecule is CN(c1ccc(N2C(=O)CC[C@H]2C(=O)O)cc1)S(C)(=O)=O. The highest BCUT2D eigenvalue weighted by atomic mass is 32.2. The van der Waals surface area contributed by atoms with Gasteiger partial charge in [-0.05, 0) is 30.7 Å². The van der Waals surface area contributed by atoms with Crippen molar-refractivity contribution in [1.29, 1.82) is 0 Å². The van der Waals surface area contributed by atoms with Crippen molar-refractivity contribution in [3.05, 3.63) is 24.3 Å². The number of sulfonamides is 1. The van der Waals surface area contributed by atoms with Crippen LogP contribution >= 0.6 is 0 Å². The van der Waals surface area contributed by atoms with E-state index in [4.69, 9.17) is 5.11 Å². The van der Waals surface area contributed by atoms with E-state index in [0.717, 1.165) is 10.6 Å². The van der Waals surface area contributed by atoms with Crippen molar-refractivity contribution in [2.24, 2.45) is 0 Å². The molecule has 1 aromatic rings. The molecule has 1 fully saturated rings. The maximum atomic E-state index is 11.8. The molecule has 0 saturated carbocycles. The average molecular weight is 312 g/mol. The zero-order valence-corrected chi connectivity index (χ0v) is 12.5. The van der Waals surface area contributed by atoms with Crippen molar-refractivity contribution in [3.63, 3.8) is 0 Å². The summed E-state index contributed by atoms with van der Waals surface area (Å²) in [6.45, 7) is 0. The Morgan fingerprint density at radius 3 is 2.38 bits per heavy atom. The smallest absolute Gasteiger partial charge is 0.326 e. The molecule has 1 aliphatic rings. The number of carboxylic acid groups (broad SMARTS) is 1. The van der Waals surface area contributed by atoms with Crippen LogP contribution < -0.4 is 9.21 Å². The first-order chi connectivity index (χ1) is 9.71. The fourth-order valence-electron chi connectivity index (χ4n) is 2.26. The number of nitrogens with zero attached hydrogens (tertiary/aromatic N) is 2. The number of aliphatic carboxylic acids is 1. The Morgan fingerprint density at radius 1 is 1.33 bits per heavy atom. The average Bonchev–Trinajstić information content (AvgIpc) is 2.79. The lowest BCUT2D eigenvalue weighted by Gasteiger charge is -2.23. The van der Waals surface area contributed by atoms with Gasteiger partial charge in [0.25, 0.3) is 0 Å². The number of benzene rings is 1. The molecule has 0 spiro atoms. The molecule has 1 aromatic carbocycles. The van der Waals surface area contributed by atoms with Gasteiger partial charge < -0.3 is 5.11 Å². The number of amides is 1. The van der Waals surface area contributed by atoms with Gasteiger partial charge in [0.05, 0.1) is 11.9 Å². The number of hydrogen-bond donors (Lipinski definition) is 1. The second-order valence-electron chi connectivity index (χ2n) is 4.90. The fraction of sp³-hybridized carbons (Fsp3) is 0.385. The molecule has 0 aliphatic carbocycles. The Bertz CT molecular complexity index is 668. The van der Waals surface area contributed by atoms with Crippen LogP contribution in [-0.4, -0.2) is 44.7 Å². The molecule has 8 heteroatoms. The summed E-state index contributed by atoms with van der Waals surface area (Å²) in [6, 6.07) is 5.32. The molecular formula is C13H16N2O5S. The lowest BCUT2D eigenvalue weighted by molar-refractivity contribution is -0.138. The Balaban J connectivity index is 2.30. The van der Waals surface area contributed by atoms with Gasteiger partial charge in [-0.25, -0.2) is 13.2 Å². The normalized spacial score (nSPS) is 18.9. The van der Waals surface area contributed by atoms with Crippen molar-refractivity contribution in [2.75, 3.05) is 22.5 Å². The van der Waals surface area contributed by atoms with Crippen molar-refractivity contribution >= 4 is 33.3 Å². The first-order valence-electron chi connectivity index (χ1n) is 6.30. The van der Waals surface area contributed by atoms with Crippen molar-refractivity contribution in [1.82, 2.24) is 0 Å². The van der Waals surface area contributed by atoms with E-state index >= 15 is 0 Å². The third-order valence-electron chi connectivity index (χ3n) is 3.49. The van der Waals surface area contributed by atoms with Crippen LogP contribution in [0.4, 0.5) is 11.4 Å². The molecule has 1 heterocycles. The van der Waals surface area contributed by atoms with E-state index in [9.17, 15) is 18.0 Å². The van der Waals surface area contributed by atoms with Crippen molar-refractivity contribution in [2.45, 2.75) is 18.9 Å². The van der Waals surface area contributed by atoms with Crippen molar-refractivity contribution < 1.29 is 23.1 Å². The monoisotopic (exact) mass is 312 g/mol. The fourth-order valence-corrected chi connectivity index (χ4v) is 2.76. The summed E-state index contributed by atoms with van der Waals surface area (Å²) < 4.78 is 24.0. The summed E-state index contributed by atoms with van der Waals surface area (Å²) in [6.07, 6.45) is 1.56. The van der Waals surface area contributed by atoms with Gasteiger partial charge in [0.15, 0.2) is 0 Å². The highest BCUT2D eigenvalue weighted by Gasteiger charge is 2.37. The van der Waals surface area contributed by atoms with Gasteiger partial charge in [-0.15, -0.1) is 0 Å². The zero-order chi connectivity index (χ0) is 15.8. The van der Waals surface area contributed by atoms with Gasteiger partial charge in [0.1, 0.15) is 6.04 Å². The number of carbonyl (C=O) groups is 2. The maximum absolute atomic E-state index is 11.8. The van der Waals surface area contributed by atoms with Crippen LogP contribution in [0.25, 0.3) is 0 Å². The summed E-state index contributed by atoms with van der Waals surface area (Å²) in [5, 5.41) is 9.13. The predicted molar refractivity (Wildman–Crippen MR) is 77.8 cm³/mol. The minimum Gasteiger partial charge on any atom is -0.480 e. The van der Waals surface area contributed by atoms with E-state index in [2.05, 4.69) is 0 Å². The lowest BCUT2D eigenvalue weighted by Crippen LogP contribution is -2.38. The molecule has 1 aliphatic heterocycles. The largest absolute Gasteiger partial charge is 0.480 e. The molecule has 114 valence electrons. The van der Waals surface area contributed by atoms with Gasteiger partial charge in [-0.1, -0.05) is 0 Å². The maximum Gasteiger partial charge on any atom is 0.326 e. The van der Waals surface area contributed by atoms with Gasteiger partial charge in [-0.3, -0.25) is 14.0 Å². The van der Waals surface area contributed by atoms with E-state index in [1.807, 2.05) is 0 Å². The van der Waals surface area contributed by atoms with E-state index in [-0.39, 0.29) is 18.7 Å². The van der Waals surface area contributed by atoms with Gasteiger partial charge in [0, 0.05) is 19.2 Å². The minimum absolute atomic E-state index is 0.196. The van der Waals surface area contributed by atoms with Crippen LogP contribution in [0.15, 0.2) is 24.3 Å². The van der Waals surface area contributed by atoms with Gasteiger partial charge >= 0.3 is 5.97 Å². The van der Waals surface area contributed by atoms with Crippen LogP contribution in [0.5, 0.6) is 0 Å². The molecule has 1 atom stereocenters. The Labute approximate surface area is 122 Å². The quantitative estimate of drug-likeness (QED) is 0.881. The van der Waals surface area contributed by atoms with Crippen LogP contribution in [-0.2, 0) is 19.6 Å². The molecule has 0 aromatic heterocycles. The van der Waals surface area contributed by atoms with Crippen LogP contribution in [0.2, 0.25) is 0 Å². The minimum atomic E-state index is -3.36. The highest BCUT2D eigenvalue weighted by molar-refractivity contribution is 7.92. The van der Waals surface area contributed by atoms with Gasteiger partial charge in [0.2, 0.25) is 15.9 Å². The number of rotatable bonds is 4. The zero-order valence-electron chi connectivity index (χ0n) is 11.7. The molecule has 1 saturated heterocycles. The first-order valence-corrected chi connectivity index (χ1v) is 8.15. The van der Waals surface area contributed by atoms with Crippen molar-refractivity contribution in [3.8, 4) is 0 Å². The Hall–Kier alpha value is -2.09. The first kappa shape index (κ1) is 15.3.